The van der Waals surface area contributed by atoms with Crippen molar-refractivity contribution in [3.63, 3.8) is 0 Å². The van der Waals surface area contributed by atoms with Gasteiger partial charge < -0.3 is 10.1 Å². The number of hydrogen-bond acceptors (Lipinski definition) is 6. The molecule has 0 bridgehead atoms. The second-order valence-electron chi connectivity index (χ2n) is 7.03. The smallest absolute Gasteiger partial charge is 0.338 e. The van der Waals surface area contributed by atoms with Crippen LogP contribution in [0.2, 0.25) is 5.02 Å². The zero-order chi connectivity index (χ0) is 22.8. The van der Waals surface area contributed by atoms with Crippen LogP contribution < -0.4 is 5.32 Å². The minimum atomic E-state index is -0.905. The number of rotatable bonds is 6. The predicted octanol–water partition coefficient (Wildman–Crippen LogP) is 5.35. The van der Waals surface area contributed by atoms with Crippen molar-refractivity contribution in [2.24, 2.45) is 0 Å². The van der Waals surface area contributed by atoms with Gasteiger partial charge in [-0.1, -0.05) is 41.6 Å². The van der Waals surface area contributed by atoms with Crippen LogP contribution in [-0.2, 0) is 15.3 Å². The molecule has 1 aliphatic heterocycles. The molecule has 32 heavy (non-hydrogen) atoms. The Morgan fingerprint density at radius 2 is 1.97 bits per heavy atom. The molecule has 1 aromatic heterocycles. The number of carbonyl (C=O) groups excluding carboxylic acids is 1. The molecule has 2 aromatic carbocycles. The first-order valence-corrected chi connectivity index (χ1v) is 11.2. The molecular formula is C22H19ClF2N4O2S. The Balaban J connectivity index is 1.73. The summed E-state index contributed by atoms with van der Waals surface area (Å²) in [5, 5.41) is 8.63. The fourth-order valence-corrected chi connectivity index (χ4v) is 4.58. The highest BCUT2D eigenvalue weighted by atomic mass is 35.5. The molecule has 0 amide bonds. The summed E-state index contributed by atoms with van der Waals surface area (Å²) >= 11 is 7.58. The van der Waals surface area contributed by atoms with Crippen LogP contribution in [0.25, 0.3) is 0 Å². The van der Waals surface area contributed by atoms with Gasteiger partial charge in [0.25, 0.3) is 0 Å². The fraction of sp³-hybridized carbons (Fsp3) is 0.227. The molecule has 0 spiro atoms. The lowest BCUT2D eigenvalue weighted by Crippen LogP contribution is -2.29. The first-order valence-electron chi connectivity index (χ1n) is 9.81. The van der Waals surface area contributed by atoms with E-state index < -0.39 is 23.6 Å². The third-order valence-electron chi connectivity index (χ3n) is 4.84. The molecule has 1 unspecified atom stereocenters. The van der Waals surface area contributed by atoms with E-state index in [1.54, 1.807) is 19.9 Å². The predicted molar refractivity (Wildman–Crippen MR) is 118 cm³/mol. The van der Waals surface area contributed by atoms with Gasteiger partial charge in [0, 0.05) is 22.5 Å². The number of aromatic nitrogens is 3. The molecule has 1 atom stereocenters. The van der Waals surface area contributed by atoms with Gasteiger partial charge in [0.15, 0.2) is 0 Å². The van der Waals surface area contributed by atoms with Crippen LogP contribution in [0.5, 0.6) is 0 Å². The largest absolute Gasteiger partial charge is 0.463 e. The second kappa shape index (κ2) is 9.30. The van der Waals surface area contributed by atoms with E-state index in [-0.39, 0.29) is 17.7 Å². The van der Waals surface area contributed by atoms with Gasteiger partial charge >= 0.3 is 5.97 Å². The highest BCUT2D eigenvalue weighted by Crippen LogP contribution is 2.37. The third kappa shape index (κ3) is 4.49. The number of allylic oxidation sites excluding steroid dienone is 1. The molecule has 1 N–H and O–H groups in total. The Bertz CT molecular complexity index is 1190. The van der Waals surface area contributed by atoms with E-state index in [0.717, 1.165) is 11.6 Å². The van der Waals surface area contributed by atoms with Crippen molar-refractivity contribution in [1.82, 2.24) is 14.8 Å². The summed E-state index contributed by atoms with van der Waals surface area (Å²) in [5.74, 6) is -1.23. The van der Waals surface area contributed by atoms with E-state index in [4.69, 9.17) is 16.3 Å². The lowest BCUT2D eigenvalue weighted by molar-refractivity contribution is -0.139. The standard InChI is InChI=1S/C22H19ClF2N4O2S/c1-3-31-20(30)18-12(2)26-21-27-22(32-11-13-6-4-5-7-17(13)23)28-29(21)19(18)14-8-15(24)10-16(25)9-14/h4-10,19H,3,11H2,1-2H3,(H,26,27,28). The van der Waals surface area contributed by atoms with Crippen LogP contribution in [0, 0.1) is 11.6 Å². The maximum absolute atomic E-state index is 14.0. The van der Waals surface area contributed by atoms with Gasteiger partial charge in [0.05, 0.1) is 12.2 Å². The molecule has 6 nitrogen and oxygen atoms in total. The average Bonchev–Trinajstić information content (AvgIpc) is 3.13. The maximum Gasteiger partial charge on any atom is 0.338 e. The maximum atomic E-state index is 14.0. The number of nitrogens with zero attached hydrogens (tertiary/aromatic N) is 3. The summed E-state index contributed by atoms with van der Waals surface area (Å²) in [5.41, 5.74) is 1.82. The fourth-order valence-electron chi connectivity index (χ4n) is 3.46. The van der Waals surface area contributed by atoms with Crippen molar-refractivity contribution < 1.29 is 18.3 Å². The Kier molecular flexibility index (Phi) is 6.48. The molecule has 0 radical (unpaired) electrons. The molecule has 0 fully saturated rings. The molecule has 4 rings (SSSR count). The molecule has 1 aliphatic rings. The minimum Gasteiger partial charge on any atom is -0.463 e. The van der Waals surface area contributed by atoms with E-state index in [9.17, 15) is 13.6 Å². The first-order chi connectivity index (χ1) is 15.4. The zero-order valence-corrected chi connectivity index (χ0v) is 18.8. The summed E-state index contributed by atoms with van der Waals surface area (Å²) in [6.07, 6.45) is 0. The minimum absolute atomic E-state index is 0.156. The number of anilines is 1. The molecule has 2 heterocycles. The van der Waals surface area contributed by atoms with Gasteiger partial charge in [0.1, 0.15) is 17.7 Å². The number of ether oxygens (including phenoxy) is 1. The van der Waals surface area contributed by atoms with Crippen molar-refractivity contribution in [1.29, 1.82) is 0 Å². The summed E-state index contributed by atoms with van der Waals surface area (Å²) in [4.78, 5) is 17.2. The lowest BCUT2D eigenvalue weighted by Gasteiger charge is -2.28. The number of esters is 1. The zero-order valence-electron chi connectivity index (χ0n) is 17.2. The van der Waals surface area contributed by atoms with Crippen LogP contribution in [0.3, 0.4) is 0 Å². The van der Waals surface area contributed by atoms with Crippen LogP contribution in [0.1, 0.15) is 31.0 Å². The molecule has 10 heteroatoms. The van der Waals surface area contributed by atoms with Gasteiger partial charge in [0.2, 0.25) is 11.1 Å². The van der Waals surface area contributed by atoms with Crippen LogP contribution in [-0.4, -0.2) is 27.3 Å². The Labute approximate surface area is 192 Å². The molecule has 166 valence electrons. The van der Waals surface area contributed by atoms with Crippen LogP contribution in [0.4, 0.5) is 14.7 Å². The molecule has 0 saturated carbocycles. The van der Waals surface area contributed by atoms with Crippen molar-refractivity contribution in [3.05, 3.63) is 81.5 Å². The van der Waals surface area contributed by atoms with Crippen molar-refractivity contribution in [2.75, 3.05) is 11.9 Å². The summed E-state index contributed by atoms with van der Waals surface area (Å²) in [7, 11) is 0. The lowest BCUT2D eigenvalue weighted by atomic mass is 9.95. The van der Waals surface area contributed by atoms with E-state index >= 15 is 0 Å². The SMILES string of the molecule is CCOC(=O)C1=C(C)Nc2nc(SCc3ccccc3Cl)nn2C1c1cc(F)cc(F)c1. The van der Waals surface area contributed by atoms with Crippen LogP contribution >= 0.6 is 23.4 Å². The van der Waals surface area contributed by atoms with E-state index in [1.807, 2.05) is 18.2 Å². The van der Waals surface area contributed by atoms with Gasteiger partial charge in [-0.2, -0.15) is 4.98 Å². The van der Waals surface area contributed by atoms with E-state index in [2.05, 4.69) is 15.4 Å². The number of halogens is 3. The second-order valence-corrected chi connectivity index (χ2v) is 8.38. The summed E-state index contributed by atoms with van der Waals surface area (Å²) < 4.78 is 34.7. The first kappa shape index (κ1) is 22.3. The molecule has 0 saturated heterocycles. The monoisotopic (exact) mass is 476 g/mol. The van der Waals surface area contributed by atoms with Crippen LogP contribution in [0.15, 0.2) is 58.9 Å². The summed E-state index contributed by atoms with van der Waals surface area (Å²) in [6, 6.07) is 9.67. The van der Waals surface area contributed by atoms with Crippen molar-refractivity contribution in [2.45, 2.75) is 30.8 Å². The van der Waals surface area contributed by atoms with E-state index in [1.165, 1.54) is 28.6 Å². The highest BCUT2D eigenvalue weighted by molar-refractivity contribution is 7.98. The van der Waals surface area contributed by atoms with Gasteiger partial charge in [-0.15, -0.1) is 5.10 Å². The van der Waals surface area contributed by atoms with Crippen molar-refractivity contribution in [3.8, 4) is 0 Å². The highest BCUT2D eigenvalue weighted by Gasteiger charge is 2.35. The quantitative estimate of drug-likeness (QED) is 0.382. The molecular weight excluding hydrogens is 458 g/mol. The number of thioether (sulfide) groups is 1. The molecule has 0 aliphatic carbocycles. The average molecular weight is 477 g/mol. The Morgan fingerprint density at radius 3 is 2.66 bits per heavy atom. The third-order valence-corrected chi connectivity index (χ3v) is 6.10. The van der Waals surface area contributed by atoms with Gasteiger partial charge in [-0.25, -0.2) is 18.3 Å². The normalized spacial score (nSPS) is 15.3. The number of nitrogens with one attached hydrogen (secondary N) is 1. The van der Waals surface area contributed by atoms with Crippen molar-refractivity contribution >= 4 is 35.3 Å². The number of fused-ring (bicyclic) bond motifs is 1. The van der Waals surface area contributed by atoms with Gasteiger partial charge in [-0.3, -0.25) is 0 Å². The summed E-state index contributed by atoms with van der Waals surface area (Å²) in [6.45, 7) is 3.53. The Hall–Kier alpha value is -2.91. The number of hydrogen-bond donors (Lipinski definition) is 1. The number of benzene rings is 2. The topological polar surface area (TPSA) is 69.0 Å². The Morgan fingerprint density at radius 1 is 1.25 bits per heavy atom. The molecule has 3 aromatic rings. The number of carbonyl (C=O) groups is 1. The van der Waals surface area contributed by atoms with E-state index in [0.29, 0.717) is 27.6 Å². The van der Waals surface area contributed by atoms with Gasteiger partial charge in [-0.05, 0) is 43.2 Å².